The fourth-order valence-corrected chi connectivity index (χ4v) is 2.59. The number of halogens is 2. The molecule has 28 heavy (non-hydrogen) atoms. The molecular formula is C21H28FIN4O. The minimum atomic E-state index is -0.194. The SMILES string of the molecule is CCCNC(=O)c1cccc(CNC(=NC)NCCc2ccccc2F)c1.I. The third-order valence-corrected chi connectivity index (χ3v) is 4.05. The van der Waals surface area contributed by atoms with E-state index < -0.39 is 0 Å². The summed E-state index contributed by atoms with van der Waals surface area (Å²) in [5, 5.41) is 9.26. The summed E-state index contributed by atoms with van der Waals surface area (Å²) in [5.74, 6) is 0.374. The van der Waals surface area contributed by atoms with Crippen molar-refractivity contribution < 1.29 is 9.18 Å². The molecule has 0 aliphatic rings. The molecule has 0 radical (unpaired) electrons. The van der Waals surface area contributed by atoms with E-state index in [4.69, 9.17) is 0 Å². The Morgan fingerprint density at radius 2 is 1.82 bits per heavy atom. The minimum Gasteiger partial charge on any atom is -0.356 e. The number of benzene rings is 2. The first-order valence-corrected chi connectivity index (χ1v) is 9.19. The molecule has 0 aliphatic heterocycles. The van der Waals surface area contributed by atoms with E-state index in [-0.39, 0.29) is 35.7 Å². The van der Waals surface area contributed by atoms with Crippen molar-refractivity contribution in [1.29, 1.82) is 0 Å². The minimum absolute atomic E-state index is 0. The maximum absolute atomic E-state index is 13.6. The second-order valence-electron chi connectivity index (χ2n) is 6.15. The van der Waals surface area contributed by atoms with Crippen LogP contribution in [0.1, 0.15) is 34.8 Å². The molecule has 0 atom stereocenters. The van der Waals surface area contributed by atoms with Crippen LogP contribution in [0.2, 0.25) is 0 Å². The Labute approximate surface area is 183 Å². The van der Waals surface area contributed by atoms with E-state index in [1.807, 2.05) is 31.2 Å². The van der Waals surface area contributed by atoms with Gasteiger partial charge in [-0.1, -0.05) is 37.3 Å². The number of guanidine groups is 1. The average Bonchev–Trinajstić information content (AvgIpc) is 2.70. The smallest absolute Gasteiger partial charge is 0.251 e. The third-order valence-electron chi connectivity index (χ3n) is 4.05. The average molecular weight is 498 g/mol. The molecule has 0 spiro atoms. The van der Waals surface area contributed by atoms with Gasteiger partial charge in [0.2, 0.25) is 0 Å². The first kappa shape index (κ1) is 23.9. The number of aliphatic imine (C=N–C) groups is 1. The molecule has 0 fully saturated rings. The van der Waals surface area contributed by atoms with Gasteiger partial charge in [-0.05, 0) is 42.2 Å². The van der Waals surface area contributed by atoms with Crippen LogP contribution >= 0.6 is 24.0 Å². The highest BCUT2D eigenvalue weighted by molar-refractivity contribution is 14.0. The highest BCUT2D eigenvalue weighted by atomic mass is 127. The van der Waals surface area contributed by atoms with Crippen LogP contribution in [0.3, 0.4) is 0 Å². The number of hydrogen-bond donors (Lipinski definition) is 3. The molecule has 2 aromatic rings. The monoisotopic (exact) mass is 498 g/mol. The van der Waals surface area contributed by atoms with Crippen LogP contribution in [-0.4, -0.2) is 32.0 Å². The molecule has 0 aliphatic carbocycles. The lowest BCUT2D eigenvalue weighted by Gasteiger charge is -2.13. The van der Waals surface area contributed by atoms with Crippen molar-refractivity contribution in [2.24, 2.45) is 4.99 Å². The summed E-state index contributed by atoms with van der Waals surface area (Å²) in [6.07, 6.45) is 1.47. The van der Waals surface area contributed by atoms with Crippen molar-refractivity contribution in [3.05, 3.63) is 71.0 Å². The summed E-state index contributed by atoms with van der Waals surface area (Å²) in [6.45, 7) is 3.79. The molecule has 0 aromatic heterocycles. The van der Waals surface area contributed by atoms with Gasteiger partial charge in [-0.25, -0.2) is 4.39 Å². The third kappa shape index (κ3) is 7.84. The van der Waals surface area contributed by atoms with Crippen molar-refractivity contribution >= 4 is 35.8 Å². The quantitative estimate of drug-likeness (QED) is 0.297. The van der Waals surface area contributed by atoms with Gasteiger partial charge < -0.3 is 16.0 Å². The highest BCUT2D eigenvalue weighted by Crippen LogP contribution is 2.07. The van der Waals surface area contributed by atoms with Crippen molar-refractivity contribution in [3.8, 4) is 0 Å². The number of nitrogens with one attached hydrogen (secondary N) is 3. The number of amides is 1. The molecule has 0 saturated heterocycles. The zero-order chi connectivity index (χ0) is 19.5. The lowest BCUT2D eigenvalue weighted by atomic mass is 10.1. The molecule has 3 N–H and O–H groups in total. The van der Waals surface area contributed by atoms with Gasteiger partial charge in [0, 0.05) is 32.2 Å². The Bertz CT molecular complexity index is 783. The first-order valence-electron chi connectivity index (χ1n) is 9.19. The van der Waals surface area contributed by atoms with Crippen LogP contribution in [0.5, 0.6) is 0 Å². The zero-order valence-electron chi connectivity index (χ0n) is 16.3. The molecule has 0 heterocycles. The van der Waals surface area contributed by atoms with Gasteiger partial charge >= 0.3 is 0 Å². The molecule has 5 nitrogen and oxygen atoms in total. The highest BCUT2D eigenvalue weighted by Gasteiger charge is 2.06. The van der Waals surface area contributed by atoms with E-state index in [9.17, 15) is 9.18 Å². The van der Waals surface area contributed by atoms with Crippen LogP contribution in [0, 0.1) is 5.82 Å². The summed E-state index contributed by atoms with van der Waals surface area (Å²) in [7, 11) is 1.69. The van der Waals surface area contributed by atoms with Crippen molar-refractivity contribution in [3.63, 3.8) is 0 Å². The summed E-state index contributed by atoms with van der Waals surface area (Å²) in [5.41, 5.74) is 2.30. The van der Waals surface area contributed by atoms with E-state index in [2.05, 4.69) is 20.9 Å². The fraction of sp³-hybridized carbons (Fsp3) is 0.333. The Kier molecular flexibility index (Phi) is 11.2. The van der Waals surface area contributed by atoms with Gasteiger partial charge in [-0.2, -0.15) is 0 Å². The number of hydrogen-bond acceptors (Lipinski definition) is 2. The summed E-state index contributed by atoms with van der Waals surface area (Å²) in [4.78, 5) is 16.2. The van der Waals surface area contributed by atoms with E-state index >= 15 is 0 Å². The second kappa shape index (κ2) is 13.1. The second-order valence-corrected chi connectivity index (χ2v) is 6.15. The van der Waals surface area contributed by atoms with E-state index in [0.29, 0.717) is 43.1 Å². The molecule has 0 saturated carbocycles. The van der Waals surface area contributed by atoms with Crippen LogP contribution in [0.4, 0.5) is 4.39 Å². The van der Waals surface area contributed by atoms with Crippen LogP contribution in [-0.2, 0) is 13.0 Å². The molecule has 152 valence electrons. The Morgan fingerprint density at radius 3 is 2.54 bits per heavy atom. The molecule has 7 heteroatoms. The molecule has 2 rings (SSSR count). The lowest BCUT2D eigenvalue weighted by molar-refractivity contribution is 0.0953. The number of rotatable bonds is 8. The Morgan fingerprint density at radius 1 is 1.04 bits per heavy atom. The number of carbonyl (C=O) groups is 1. The van der Waals surface area contributed by atoms with Crippen LogP contribution in [0.15, 0.2) is 53.5 Å². The van der Waals surface area contributed by atoms with Gasteiger partial charge in [0.1, 0.15) is 5.82 Å². The fourth-order valence-electron chi connectivity index (χ4n) is 2.59. The summed E-state index contributed by atoms with van der Waals surface area (Å²) >= 11 is 0. The van der Waals surface area contributed by atoms with E-state index in [0.717, 1.165) is 12.0 Å². The Balaban J connectivity index is 0.00000392. The molecule has 2 aromatic carbocycles. The summed E-state index contributed by atoms with van der Waals surface area (Å²) in [6, 6.07) is 14.2. The Hall–Kier alpha value is -2.16. The summed E-state index contributed by atoms with van der Waals surface area (Å²) < 4.78 is 13.6. The predicted octanol–water partition coefficient (Wildman–Crippen LogP) is 3.49. The van der Waals surface area contributed by atoms with Gasteiger partial charge in [-0.3, -0.25) is 9.79 Å². The van der Waals surface area contributed by atoms with Crippen LogP contribution in [0.25, 0.3) is 0 Å². The van der Waals surface area contributed by atoms with Crippen LogP contribution < -0.4 is 16.0 Å². The van der Waals surface area contributed by atoms with Crippen molar-refractivity contribution in [2.45, 2.75) is 26.3 Å². The van der Waals surface area contributed by atoms with Gasteiger partial charge in [-0.15, -0.1) is 24.0 Å². The predicted molar refractivity (Wildman–Crippen MR) is 123 cm³/mol. The maximum Gasteiger partial charge on any atom is 0.251 e. The first-order chi connectivity index (χ1) is 13.1. The number of nitrogens with zero attached hydrogens (tertiary/aromatic N) is 1. The molecule has 0 unspecified atom stereocenters. The molecular weight excluding hydrogens is 470 g/mol. The largest absolute Gasteiger partial charge is 0.356 e. The van der Waals surface area contributed by atoms with E-state index in [1.165, 1.54) is 6.07 Å². The van der Waals surface area contributed by atoms with Gasteiger partial charge in [0.05, 0.1) is 0 Å². The molecule has 0 bridgehead atoms. The molecule has 1 amide bonds. The van der Waals surface area contributed by atoms with Crippen molar-refractivity contribution in [1.82, 2.24) is 16.0 Å². The maximum atomic E-state index is 13.6. The normalized spacial score (nSPS) is 10.8. The number of carbonyl (C=O) groups excluding carboxylic acids is 1. The van der Waals surface area contributed by atoms with Gasteiger partial charge in [0.15, 0.2) is 5.96 Å². The van der Waals surface area contributed by atoms with Crippen molar-refractivity contribution in [2.75, 3.05) is 20.1 Å². The topological polar surface area (TPSA) is 65.5 Å². The lowest BCUT2D eigenvalue weighted by Crippen LogP contribution is -2.38. The zero-order valence-corrected chi connectivity index (χ0v) is 18.6. The standard InChI is InChI=1S/C21H27FN4O.HI/c1-3-12-24-20(27)18-9-6-7-16(14-18)15-26-21(23-2)25-13-11-17-8-4-5-10-19(17)22;/h4-10,14H,3,11-13,15H2,1-2H3,(H,24,27)(H2,23,25,26);1H. The van der Waals surface area contributed by atoms with E-state index in [1.54, 1.807) is 25.2 Å². The van der Waals surface area contributed by atoms with Gasteiger partial charge in [0.25, 0.3) is 5.91 Å².